The summed E-state index contributed by atoms with van der Waals surface area (Å²) in [6.07, 6.45) is 0.898. The van der Waals surface area contributed by atoms with E-state index in [1.54, 1.807) is 6.07 Å². The van der Waals surface area contributed by atoms with Gasteiger partial charge in [0.15, 0.2) is 0 Å². The molecule has 0 bridgehead atoms. The summed E-state index contributed by atoms with van der Waals surface area (Å²) in [6.45, 7) is 0.958. The van der Waals surface area contributed by atoms with E-state index in [-0.39, 0.29) is 0 Å². The zero-order chi connectivity index (χ0) is 10.7. The number of hydrogen-bond donors (Lipinski definition) is 2. The standard InChI is InChI=1S/C10H15ClN2S/c1-13(2)4-3-8-9(12)5-7(11)6-10(8)14/h5-6,14H,3-4,12H2,1-2H3. The van der Waals surface area contributed by atoms with Crippen molar-refractivity contribution in [2.45, 2.75) is 11.3 Å². The first-order chi connectivity index (χ1) is 6.50. The Morgan fingerprint density at radius 1 is 1.43 bits per heavy atom. The molecule has 0 unspecified atom stereocenters. The summed E-state index contributed by atoms with van der Waals surface area (Å²) in [7, 11) is 4.06. The van der Waals surface area contributed by atoms with Crippen molar-refractivity contribution >= 4 is 29.9 Å². The van der Waals surface area contributed by atoms with Gasteiger partial charge in [-0.3, -0.25) is 0 Å². The monoisotopic (exact) mass is 230 g/mol. The average Bonchev–Trinajstić information content (AvgIpc) is 2.01. The summed E-state index contributed by atoms with van der Waals surface area (Å²) in [6, 6.07) is 3.60. The van der Waals surface area contributed by atoms with Crippen LogP contribution in [0.1, 0.15) is 5.56 Å². The Morgan fingerprint density at radius 3 is 2.57 bits per heavy atom. The number of anilines is 1. The quantitative estimate of drug-likeness (QED) is 0.617. The molecule has 0 atom stereocenters. The Morgan fingerprint density at radius 2 is 2.07 bits per heavy atom. The summed E-state index contributed by atoms with van der Waals surface area (Å²) in [5.41, 5.74) is 7.66. The van der Waals surface area contributed by atoms with E-state index in [0.717, 1.165) is 29.1 Å². The molecule has 0 aliphatic rings. The molecular weight excluding hydrogens is 216 g/mol. The maximum atomic E-state index is 5.86. The fourth-order valence-corrected chi connectivity index (χ4v) is 1.93. The Labute approximate surface area is 95.4 Å². The lowest BCUT2D eigenvalue weighted by Gasteiger charge is -2.13. The fourth-order valence-electron chi connectivity index (χ4n) is 1.25. The van der Waals surface area contributed by atoms with Crippen molar-refractivity contribution in [1.82, 2.24) is 4.90 Å². The van der Waals surface area contributed by atoms with E-state index in [2.05, 4.69) is 17.5 Å². The third-order valence-electron chi connectivity index (χ3n) is 2.03. The third-order valence-corrected chi connectivity index (χ3v) is 2.65. The van der Waals surface area contributed by atoms with E-state index in [4.69, 9.17) is 17.3 Å². The third kappa shape index (κ3) is 3.08. The second-order valence-corrected chi connectivity index (χ2v) is 4.46. The highest BCUT2D eigenvalue weighted by Gasteiger charge is 2.05. The summed E-state index contributed by atoms with van der Waals surface area (Å²) >= 11 is 10.2. The summed E-state index contributed by atoms with van der Waals surface area (Å²) in [5.74, 6) is 0. The largest absolute Gasteiger partial charge is 0.398 e. The van der Waals surface area contributed by atoms with E-state index in [0.29, 0.717) is 5.02 Å². The fraction of sp³-hybridized carbons (Fsp3) is 0.400. The number of thiol groups is 1. The molecule has 14 heavy (non-hydrogen) atoms. The molecule has 0 aliphatic heterocycles. The highest BCUT2D eigenvalue weighted by Crippen LogP contribution is 2.26. The highest BCUT2D eigenvalue weighted by molar-refractivity contribution is 7.80. The highest BCUT2D eigenvalue weighted by atomic mass is 35.5. The number of nitrogens with zero attached hydrogens (tertiary/aromatic N) is 1. The minimum Gasteiger partial charge on any atom is -0.398 e. The van der Waals surface area contributed by atoms with Crippen molar-refractivity contribution in [3.8, 4) is 0 Å². The zero-order valence-electron chi connectivity index (χ0n) is 8.42. The smallest absolute Gasteiger partial charge is 0.0437 e. The van der Waals surface area contributed by atoms with Gasteiger partial charge in [-0.2, -0.15) is 0 Å². The van der Waals surface area contributed by atoms with Crippen LogP contribution in [0.25, 0.3) is 0 Å². The van der Waals surface area contributed by atoms with E-state index in [9.17, 15) is 0 Å². The van der Waals surface area contributed by atoms with Crippen molar-refractivity contribution in [3.05, 3.63) is 22.7 Å². The molecule has 1 aromatic carbocycles. The minimum atomic E-state index is 0.640. The number of rotatable bonds is 3. The molecule has 1 aromatic rings. The van der Waals surface area contributed by atoms with E-state index >= 15 is 0 Å². The van der Waals surface area contributed by atoms with Crippen molar-refractivity contribution in [2.24, 2.45) is 0 Å². The lowest BCUT2D eigenvalue weighted by molar-refractivity contribution is 0.413. The van der Waals surface area contributed by atoms with Crippen LogP contribution in [0.3, 0.4) is 0 Å². The van der Waals surface area contributed by atoms with Crippen LogP contribution >= 0.6 is 24.2 Å². The number of benzene rings is 1. The molecule has 0 heterocycles. The first-order valence-electron chi connectivity index (χ1n) is 4.42. The van der Waals surface area contributed by atoms with Gasteiger partial charge in [0, 0.05) is 22.2 Å². The number of likely N-dealkylation sites (N-methyl/N-ethyl adjacent to an activating group) is 1. The predicted octanol–water partition coefficient (Wildman–Crippen LogP) is 2.31. The van der Waals surface area contributed by atoms with E-state index in [1.165, 1.54) is 0 Å². The van der Waals surface area contributed by atoms with Gasteiger partial charge in [0.05, 0.1) is 0 Å². The maximum Gasteiger partial charge on any atom is 0.0437 e. The SMILES string of the molecule is CN(C)CCc1c(N)cc(Cl)cc1S. The van der Waals surface area contributed by atoms with Crippen LogP contribution in [0, 0.1) is 0 Å². The van der Waals surface area contributed by atoms with Gasteiger partial charge in [-0.25, -0.2) is 0 Å². The Kier molecular flexibility index (Phi) is 4.11. The molecule has 0 saturated carbocycles. The van der Waals surface area contributed by atoms with Crippen LogP contribution < -0.4 is 5.73 Å². The van der Waals surface area contributed by atoms with Crippen LogP contribution in [0.5, 0.6) is 0 Å². The second-order valence-electron chi connectivity index (χ2n) is 3.55. The number of nitrogens with two attached hydrogens (primary N) is 1. The Hall–Kier alpha value is -0.380. The van der Waals surface area contributed by atoms with Crippen LogP contribution in [0.4, 0.5) is 5.69 Å². The van der Waals surface area contributed by atoms with Gasteiger partial charge < -0.3 is 10.6 Å². The number of halogens is 1. The molecule has 1 rings (SSSR count). The molecule has 4 heteroatoms. The van der Waals surface area contributed by atoms with Crippen LogP contribution in [0.2, 0.25) is 5.02 Å². The molecule has 2 N–H and O–H groups in total. The predicted molar refractivity (Wildman–Crippen MR) is 65.4 cm³/mol. The van der Waals surface area contributed by atoms with Crippen LogP contribution in [-0.4, -0.2) is 25.5 Å². The van der Waals surface area contributed by atoms with E-state index in [1.807, 2.05) is 20.2 Å². The Bertz CT molecular complexity index is 303. The Balaban J connectivity index is 2.86. The molecule has 0 aliphatic carbocycles. The van der Waals surface area contributed by atoms with Gasteiger partial charge in [0.1, 0.15) is 0 Å². The van der Waals surface area contributed by atoms with Gasteiger partial charge in [0.2, 0.25) is 0 Å². The maximum absolute atomic E-state index is 5.86. The molecule has 0 radical (unpaired) electrons. The molecule has 0 saturated heterocycles. The topological polar surface area (TPSA) is 29.3 Å². The van der Waals surface area contributed by atoms with Crippen molar-refractivity contribution < 1.29 is 0 Å². The van der Waals surface area contributed by atoms with Gasteiger partial charge in [0.25, 0.3) is 0 Å². The van der Waals surface area contributed by atoms with Gasteiger partial charge in [-0.1, -0.05) is 11.6 Å². The average molecular weight is 231 g/mol. The molecule has 78 valence electrons. The summed E-state index contributed by atoms with van der Waals surface area (Å²) in [5, 5.41) is 0.640. The van der Waals surface area contributed by atoms with Crippen LogP contribution in [0.15, 0.2) is 17.0 Å². The van der Waals surface area contributed by atoms with Crippen molar-refractivity contribution in [1.29, 1.82) is 0 Å². The first-order valence-corrected chi connectivity index (χ1v) is 5.25. The summed E-state index contributed by atoms with van der Waals surface area (Å²) in [4.78, 5) is 2.98. The van der Waals surface area contributed by atoms with Crippen molar-refractivity contribution in [3.63, 3.8) is 0 Å². The number of nitrogen functional groups attached to an aromatic ring is 1. The second kappa shape index (κ2) is 4.91. The molecule has 0 amide bonds. The minimum absolute atomic E-state index is 0.640. The normalized spacial score (nSPS) is 10.9. The lowest BCUT2D eigenvalue weighted by Crippen LogP contribution is -2.16. The molecule has 0 fully saturated rings. The summed E-state index contributed by atoms with van der Waals surface area (Å²) < 4.78 is 0. The lowest BCUT2D eigenvalue weighted by atomic mass is 10.1. The molecule has 0 aromatic heterocycles. The van der Waals surface area contributed by atoms with Gasteiger partial charge in [-0.15, -0.1) is 12.6 Å². The molecule has 2 nitrogen and oxygen atoms in total. The van der Waals surface area contributed by atoms with Crippen molar-refractivity contribution in [2.75, 3.05) is 26.4 Å². The van der Waals surface area contributed by atoms with Crippen LogP contribution in [-0.2, 0) is 6.42 Å². The zero-order valence-corrected chi connectivity index (χ0v) is 10.1. The van der Waals surface area contributed by atoms with E-state index < -0.39 is 0 Å². The molecular formula is C10H15ClN2S. The van der Waals surface area contributed by atoms with Gasteiger partial charge in [-0.05, 0) is 38.2 Å². The number of hydrogen-bond acceptors (Lipinski definition) is 3. The van der Waals surface area contributed by atoms with Gasteiger partial charge >= 0.3 is 0 Å². The first kappa shape index (κ1) is 11.7. The molecule has 0 spiro atoms.